The fourth-order valence-corrected chi connectivity index (χ4v) is 5.88. The molecular formula is C37H47N9O4. The Kier molecular flexibility index (Phi) is 12.7. The number of ether oxygens (including phenoxy) is 2. The lowest BCUT2D eigenvalue weighted by Gasteiger charge is -2.29. The molecule has 6 rings (SSSR count). The Labute approximate surface area is 293 Å². The summed E-state index contributed by atoms with van der Waals surface area (Å²) >= 11 is 0. The van der Waals surface area contributed by atoms with E-state index in [1.165, 1.54) is 11.1 Å². The molecule has 0 saturated heterocycles. The third kappa shape index (κ3) is 9.53. The van der Waals surface area contributed by atoms with E-state index in [2.05, 4.69) is 68.5 Å². The van der Waals surface area contributed by atoms with E-state index in [-0.39, 0.29) is 18.1 Å². The van der Waals surface area contributed by atoms with Crippen molar-refractivity contribution < 1.29 is 19.1 Å². The summed E-state index contributed by atoms with van der Waals surface area (Å²) in [6, 6.07) is 17.9. The summed E-state index contributed by atoms with van der Waals surface area (Å²) in [5, 5.41) is 7.00. The first-order chi connectivity index (χ1) is 24.3. The van der Waals surface area contributed by atoms with E-state index in [0.717, 1.165) is 59.8 Å². The third-order valence-corrected chi connectivity index (χ3v) is 8.27. The Balaban J connectivity index is 0.000000200. The number of amides is 2. The van der Waals surface area contributed by atoms with Crippen molar-refractivity contribution in [3.05, 3.63) is 89.9 Å². The SMILES string of the molecule is CC(C)Oc1ccc(C2NNc3ccc(NC=O)cc32)cn1.CCCN(COC)CC(=O)N1CC=C(c2ccc(-c3ncn(C)n3)cc2)CC1. The number of anilines is 2. The zero-order valence-electron chi connectivity index (χ0n) is 29.4. The highest BCUT2D eigenvalue weighted by atomic mass is 16.5. The van der Waals surface area contributed by atoms with Crippen LogP contribution in [0.15, 0.2) is 73.2 Å². The van der Waals surface area contributed by atoms with Crippen molar-refractivity contribution in [2.24, 2.45) is 7.05 Å². The quantitative estimate of drug-likeness (QED) is 0.132. The van der Waals surface area contributed by atoms with E-state index in [9.17, 15) is 9.59 Å². The van der Waals surface area contributed by atoms with Gasteiger partial charge in [0.05, 0.1) is 31.1 Å². The van der Waals surface area contributed by atoms with Gasteiger partial charge in [-0.2, -0.15) is 5.10 Å². The first kappa shape index (κ1) is 36.2. The maximum absolute atomic E-state index is 12.6. The largest absolute Gasteiger partial charge is 0.475 e. The number of nitrogens with one attached hydrogen (secondary N) is 3. The lowest BCUT2D eigenvalue weighted by Crippen LogP contribution is -2.43. The normalized spacial score (nSPS) is 15.1. The van der Waals surface area contributed by atoms with Crippen molar-refractivity contribution in [3.63, 3.8) is 0 Å². The third-order valence-electron chi connectivity index (χ3n) is 8.27. The number of rotatable bonds is 13. The molecule has 0 bridgehead atoms. The van der Waals surface area contributed by atoms with Crippen molar-refractivity contribution in [2.75, 3.05) is 50.8 Å². The molecule has 50 heavy (non-hydrogen) atoms. The number of hydrazine groups is 1. The molecule has 0 radical (unpaired) electrons. The Hall–Kier alpha value is -5.11. The highest BCUT2D eigenvalue weighted by molar-refractivity contribution is 5.80. The van der Waals surface area contributed by atoms with E-state index in [0.29, 0.717) is 32.1 Å². The van der Waals surface area contributed by atoms with Gasteiger partial charge in [0.15, 0.2) is 5.82 Å². The number of methoxy groups -OCH3 is 1. The molecule has 2 aliphatic heterocycles. The minimum absolute atomic E-state index is 0.0241. The Morgan fingerprint density at radius 2 is 1.92 bits per heavy atom. The van der Waals surface area contributed by atoms with E-state index < -0.39 is 0 Å². The number of benzene rings is 2. The van der Waals surface area contributed by atoms with Gasteiger partial charge in [-0.3, -0.25) is 19.2 Å². The van der Waals surface area contributed by atoms with Crippen LogP contribution in [0, 0.1) is 0 Å². The van der Waals surface area contributed by atoms with Crippen LogP contribution >= 0.6 is 0 Å². The molecule has 0 fully saturated rings. The van der Waals surface area contributed by atoms with Crippen molar-refractivity contribution >= 4 is 29.3 Å². The van der Waals surface area contributed by atoms with E-state index in [4.69, 9.17) is 9.47 Å². The molecule has 2 aromatic carbocycles. The van der Waals surface area contributed by atoms with Gasteiger partial charge >= 0.3 is 0 Å². The van der Waals surface area contributed by atoms with Crippen LogP contribution in [0.2, 0.25) is 0 Å². The summed E-state index contributed by atoms with van der Waals surface area (Å²) in [6.45, 7) is 9.23. The van der Waals surface area contributed by atoms with Crippen molar-refractivity contribution in [2.45, 2.75) is 45.8 Å². The number of carbonyl (C=O) groups excluding carboxylic acids is 2. The van der Waals surface area contributed by atoms with Crippen LogP contribution in [-0.2, 0) is 21.4 Å². The summed E-state index contributed by atoms with van der Waals surface area (Å²) < 4.78 is 12.5. The van der Waals surface area contributed by atoms with Crippen LogP contribution in [-0.4, -0.2) is 88.0 Å². The molecule has 0 saturated carbocycles. The molecule has 2 aliphatic rings. The van der Waals surface area contributed by atoms with Crippen LogP contribution in [0.4, 0.5) is 11.4 Å². The highest BCUT2D eigenvalue weighted by Crippen LogP contribution is 2.35. The minimum atomic E-state index is -0.0241. The summed E-state index contributed by atoms with van der Waals surface area (Å²) in [7, 11) is 3.53. The van der Waals surface area contributed by atoms with Gasteiger partial charge in [0.1, 0.15) is 6.33 Å². The van der Waals surface area contributed by atoms with E-state index >= 15 is 0 Å². The number of hydrogen-bond donors (Lipinski definition) is 3. The van der Waals surface area contributed by atoms with Crippen LogP contribution in [0.25, 0.3) is 17.0 Å². The average molecular weight is 682 g/mol. The van der Waals surface area contributed by atoms with Crippen molar-refractivity contribution in [1.29, 1.82) is 0 Å². The van der Waals surface area contributed by atoms with Gasteiger partial charge in [-0.05, 0) is 61.6 Å². The van der Waals surface area contributed by atoms with Crippen molar-refractivity contribution in [1.82, 2.24) is 35.0 Å². The van der Waals surface area contributed by atoms with Gasteiger partial charge in [0.25, 0.3) is 0 Å². The second-order valence-corrected chi connectivity index (χ2v) is 12.5. The Bertz CT molecular complexity index is 1730. The number of aromatic nitrogens is 4. The molecule has 13 heteroatoms. The molecule has 4 heterocycles. The second kappa shape index (κ2) is 17.5. The van der Waals surface area contributed by atoms with Gasteiger partial charge in [0.2, 0.25) is 18.2 Å². The lowest BCUT2D eigenvalue weighted by atomic mass is 9.98. The van der Waals surface area contributed by atoms with Crippen LogP contribution < -0.4 is 20.9 Å². The molecule has 3 N–H and O–H groups in total. The fourth-order valence-electron chi connectivity index (χ4n) is 5.88. The molecule has 2 aromatic heterocycles. The number of hydrogen-bond acceptors (Lipinski definition) is 10. The molecule has 1 unspecified atom stereocenters. The number of aryl methyl sites for hydroxylation is 1. The van der Waals surface area contributed by atoms with E-state index in [1.807, 2.05) is 61.0 Å². The summed E-state index contributed by atoms with van der Waals surface area (Å²) in [6.07, 6.45) is 8.30. The van der Waals surface area contributed by atoms with Gasteiger partial charge < -0.3 is 25.1 Å². The zero-order chi connectivity index (χ0) is 35.5. The minimum Gasteiger partial charge on any atom is -0.475 e. The molecule has 13 nitrogen and oxygen atoms in total. The summed E-state index contributed by atoms with van der Waals surface area (Å²) in [5.74, 6) is 1.51. The molecule has 2 amide bonds. The standard InChI is InChI=1S/C21H29N5O2.C16H18N4O2/c1-4-11-25(16-28-3)14-20(27)26-12-9-18(10-13-26)17-5-7-19(8-6-17)21-22-15-24(2)23-21;1-10(2)22-15-6-3-11(8-17-15)16-13-7-12(18-9-21)4-5-14(13)19-20-16/h5-9,15H,4,10-14,16H2,1-3H3;3-10,16,19-20H,1-2H3,(H,18,21). The first-order valence-corrected chi connectivity index (χ1v) is 16.9. The molecular weight excluding hydrogens is 634 g/mol. The maximum atomic E-state index is 12.6. The molecule has 0 aliphatic carbocycles. The van der Waals surface area contributed by atoms with Crippen LogP contribution in [0.3, 0.4) is 0 Å². The molecule has 264 valence electrons. The van der Waals surface area contributed by atoms with Gasteiger partial charge in [0, 0.05) is 62.9 Å². The van der Waals surface area contributed by atoms with Gasteiger partial charge in [-0.15, -0.1) is 0 Å². The predicted molar refractivity (Wildman–Crippen MR) is 194 cm³/mol. The van der Waals surface area contributed by atoms with Crippen molar-refractivity contribution in [3.8, 4) is 17.3 Å². The smallest absolute Gasteiger partial charge is 0.237 e. The number of fused-ring (bicyclic) bond motifs is 1. The molecule has 0 spiro atoms. The average Bonchev–Trinajstić information content (AvgIpc) is 3.75. The first-order valence-electron chi connectivity index (χ1n) is 16.9. The highest BCUT2D eigenvalue weighted by Gasteiger charge is 2.24. The number of nitrogens with zero attached hydrogens (tertiary/aromatic N) is 6. The van der Waals surface area contributed by atoms with Gasteiger partial charge in [-0.1, -0.05) is 43.3 Å². The van der Waals surface area contributed by atoms with Gasteiger partial charge in [-0.25, -0.2) is 15.4 Å². The Morgan fingerprint density at radius 1 is 1.12 bits per heavy atom. The lowest BCUT2D eigenvalue weighted by molar-refractivity contribution is -0.133. The summed E-state index contributed by atoms with van der Waals surface area (Å²) in [5.41, 5.74) is 13.7. The maximum Gasteiger partial charge on any atom is 0.237 e. The summed E-state index contributed by atoms with van der Waals surface area (Å²) in [4.78, 5) is 35.8. The zero-order valence-corrected chi connectivity index (χ0v) is 29.4. The van der Waals surface area contributed by atoms with Crippen LogP contribution in [0.1, 0.15) is 56.3 Å². The van der Waals surface area contributed by atoms with E-state index in [1.54, 1.807) is 24.3 Å². The fraction of sp³-hybridized carbons (Fsp3) is 0.378. The monoisotopic (exact) mass is 681 g/mol. The Morgan fingerprint density at radius 3 is 2.54 bits per heavy atom. The topological polar surface area (TPSA) is 139 Å². The number of carbonyl (C=O) groups is 2. The molecule has 1 atom stereocenters. The van der Waals surface area contributed by atoms with Crippen LogP contribution in [0.5, 0.6) is 5.88 Å². The number of pyridine rings is 1. The molecule has 4 aromatic rings. The second-order valence-electron chi connectivity index (χ2n) is 12.5. The predicted octanol–water partition coefficient (Wildman–Crippen LogP) is 4.87.